The van der Waals surface area contributed by atoms with Crippen LogP contribution in [0.25, 0.3) is 22.3 Å². The Morgan fingerprint density at radius 2 is 1.55 bits per heavy atom. The molecule has 0 aliphatic rings. The summed E-state index contributed by atoms with van der Waals surface area (Å²) in [7, 11) is 3.26. The summed E-state index contributed by atoms with van der Waals surface area (Å²) >= 11 is 0. The number of benzene rings is 3. The van der Waals surface area contributed by atoms with Gasteiger partial charge in [-0.1, -0.05) is 42.5 Å². The van der Waals surface area contributed by atoms with Crippen molar-refractivity contribution in [1.29, 1.82) is 0 Å². The molecule has 0 fully saturated rings. The van der Waals surface area contributed by atoms with Crippen molar-refractivity contribution in [2.45, 2.75) is 6.42 Å². The molecule has 0 N–H and O–H groups in total. The fraction of sp³-hybridized carbons (Fsp3) is 0.160. The van der Waals surface area contributed by atoms with Crippen molar-refractivity contribution in [2.75, 3.05) is 20.8 Å². The molecule has 0 saturated carbocycles. The number of fused-ring (bicyclic) bond motifs is 1. The summed E-state index contributed by atoms with van der Waals surface area (Å²) in [4.78, 5) is 4.88. The normalized spacial score (nSPS) is 11.6. The van der Waals surface area contributed by atoms with Crippen LogP contribution in [-0.2, 0) is 6.42 Å². The van der Waals surface area contributed by atoms with Crippen molar-refractivity contribution in [2.24, 2.45) is 4.99 Å². The van der Waals surface area contributed by atoms with E-state index < -0.39 is 0 Å². The van der Waals surface area contributed by atoms with Gasteiger partial charge in [0.25, 0.3) is 0 Å². The zero-order valence-electron chi connectivity index (χ0n) is 16.6. The van der Waals surface area contributed by atoms with Gasteiger partial charge < -0.3 is 13.9 Å². The van der Waals surface area contributed by atoms with Crippen LogP contribution in [0.4, 0.5) is 0 Å². The molecule has 1 heterocycles. The molecule has 0 radical (unpaired) electrons. The van der Waals surface area contributed by atoms with Crippen LogP contribution in [0.1, 0.15) is 5.56 Å². The lowest BCUT2D eigenvalue weighted by Crippen LogP contribution is -2.06. The van der Waals surface area contributed by atoms with Gasteiger partial charge in [0.2, 0.25) is 0 Å². The Balaban J connectivity index is 1.75. The van der Waals surface area contributed by atoms with Crippen LogP contribution < -0.4 is 14.8 Å². The highest BCUT2D eigenvalue weighted by molar-refractivity contribution is 5.78. The molecule has 4 heteroatoms. The van der Waals surface area contributed by atoms with Gasteiger partial charge in [-0.2, -0.15) is 0 Å². The second kappa shape index (κ2) is 8.65. The van der Waals surface area contributed by atoms with Crippen molar-refractivity contribution in [3.05, 3.63) is 89.8 Å². The number of rotatable bonds is 6. The van der Waals surface area contributed by atoms with E-state index in [1.165, 1.54) is 5.56 Å². The Labute approximate surface area is 170 Å². The van der Waals surface area contributed by atoms with E-state index in [1.807, 2.05) is 54.6 Å². The topological polar surface area (TPSA) is 44.0 Å². The number of nitrogens with zero attached hydrogens (tertiary/aromatic N) is 1. The minimum atomic E-state index is 0.663. The lowest BCUT2D eigenvalue weighted by atomic mass is 10.1. The highest BCUT2D eigenvalue weighted by Gasteiger charge is 2.10. The average Bonchev–Trinajstić information content (AvgIpc) is 2.79. The van der Waals surface area contributed by atoms with E-state index in [1.54, 1.807) is 14.2 Å². The maximum atomic E-state index is 6.17. The molecule has 0 amide bonds. The van der Waals surface area contributed by atoms with E-state index >= 15 is 0 Å². The van der Waals surface area contributed by atoms with Gasteiger partial charge in [0.15, 0.2) is 11.5 Å². The molecular weight excluding hydrogens is 362 g/mol. The van der Waals surface area contributed by atoms with E-state index in [0.717, 1.165) is 34.1 Å². The second-order valence-corrected chi connectivity index (χ2v) is 6.68. The molecule has 29 heavy (non-hydrogen) atoms. The Bertz CT molecular complexity index is 1180. The Kier molecular flexibility index (Phi) is 5.61. The Hall–Kier alpha value is -3.53. The summed E-state index contributed by atoms with van der Waals surface area (Å²) in [5, 5.41) is 1.93. The number of hydrogen-bond acceptors (Lipinski definition) is 4. The molecule has 4 rings (SSSR count). The van der Waals surface area contributed by atoms with Crippen LogP contribution in [0, 0.1) is 0 Å². The molecule has 0 atom stereocenters. The molecule has 146 valence electrons. The fourth-order valence-corrected chi connectivity index (χ4v) is 3.33. The van der Waals surface area contributed by atoms with Crippen molar-refractivity contribution in [3.63, 3.8) is 0 Å². The van der Waals surface area contributed by atoms with Gasteiger partial charge in [-0.15, -0.1) is 0 Å². The quantitative estimate of drug-likeness (QED) is 0.455. The second-order valence-electron chi connectivity index (χ2n) is 6.68. The van der Waals surface area contributed by atoms with Crippen molar-refractivity contribution >= 4 is 11.0 Å². The summed E-state index contributed by atoms with van der Waals surface area (Å²) in [6.07, 6.45) is 0.896. The molecule has 0 aliphatic carbocycles. The van der Waals surface area contributed by atoms with Gasteiger partial charge in [0.05, 0.1) is 19.6 Å². The highest BCUT2D eigenvalue weighted by Crippen LogP contribution is 2.32. The van der Waals surface area contributed by atoms with Crippen LogP contribution in [0.2, 0.25) is 0 Å². The SMILES string of the molecule is COc1ccc(-c2cc(=NCCc3ccccc3)c3ccccc3o2)cc1OC. The zero-order chi connectivity index (χ0) is 20.1. The molecule has 0 spiro atoms. The molecular formula is C25H23NO3. The largest absolute Gasteiger partial charge is 0.493 e. The molecule has 0 bridgehead atoms. The lowest BCUT2D eigenvalue weighted by molar-refractivity contribution is 0.355. The molecule has 4 aromatic rings. The Morgan fingerprint density at radius 3 is 2.34 bits per heavy atom. The van der Waals surface area contributed by atoms with E-state index in [9.17, 15) is 0 Å². The first-order chi connectivity index (χ1) is 14.3. The molecule has 0 unspecified atom stereocenters. The molecule has 4 nitrogen and oxygen atoms in total. The molecule has 0 aliphatic heterocycles. The summed E-state index contributed by atoms with van der Waals surface area (Å²) in [6, 6.07) is 26.1. The first kappa shape index (κ1) is 18.8. The predicted octanol–water partition coefficient (Wildman–Crippen LogP) is 5.26. The summed E-state index contributed by atoms with van der Waals surface area (Å²) in [5.74, 6) is 2.09. The Morgan fingerprint density at radius 1 is 0.793 bits per heavy atom. The van der Waals surface area contributed by atoms with Gasteiger partial charge in [0, 0.05) is 23.6 Å². The smallest absolute Gasteiger partial charge is 0.161 e. The van der Waals surface area contributed by atoms with Gasteiger partial charge >= 0.3 is 0 Å². The number of hydrogen-bond donors (Lipinski definition) is 0. The number of methoxy groups -OCH3 is 2. The lowest BCUT2D eigenvalue weighted by Gasteiger charge is -2.10. The third kappa shape index (κ3) is 4.16. The van der Waals surface area contributed by atoms with E-state index in [2.05, 4.69) is 24.3 Å². The molecule has 1 aromatic heterocycles. The molecule has 3 aromatic carbocycles. The highest BCUT2D eigenvalue weighted by atomic mass is 16.5. The van der Waals surface area contributed by atoms with Gasteiger partial charge in [-0.05, 0) is 42.3 Å². The third-order valence-electron chi connectivity index (χ3n) is 4.84. The summed E-state index contributed by atoms with van der Waals surface area (Å²) in [5.41, 5.74) is 2.99. The minimum Gasteiger partial charge on any atom is -0.493 e. The van der Waals surface area contributed by atoms with Crippen LogP contribution in [0.15, 0.2) is 88.3 Å². The zero-order valence-corrected chi connectivity index (χ0v) is 16.6. The van der Waals surface area contributed by atoms with Crippen molar-refractivity contribution < 1.29 is 13.9 Å². The summed E-state index contributed by atoms with van der Waals surface area (Å²) in [6.45, 7) is 0.712. The first-order valence-electron chi connectivity index (χ1n) is 9.58. The number of ether oxygens (including phenoxy) is 2. The standard InChI is InChI=1S/C25H23NO3/c1-27-23-13-12-19(16-25(23)28-2)24-17-21(20-10-6-7-11-22(20)29-24)26-15-14-18-8-4-3-5-9-18/h3-13,16-17H,14-15H2,1-2H3. The maximum Gasteiger partial charge on any atom is 0.161 e. The van der Waals surface area contributed by atoms with Crippen LogP contribution in [-0.4, -0.2) is 20.8 Å². The van der Waals surface area contributed by atoms with Gasteiger partial charge in [-0.3, -0.25) is 4.99 Å². The first-order valence-corrected chi connectivity index (χ1v) is 9.58. The summed E-state index contributed by atoms with van der Waals surface area (Å²) < 4.78 is 17.0. The average molecular weight is 385 g/mol. The predicted molar refractivity (Wildman–Crippen MR) is 115 cm³/mol. The van der Waals surface area contributed by atoms with E-state index in [-0.39, 0.29) is 0 Å². The van der Waals surface area contributed by atoms with Crippen LogP contribution in [0.5, 0.6) is 11.5 Å². The van der Waals surface area contributed by atoms with Crippen molar-refractivity contribution in [3.8, 4) is 22.8 Å². The third-order valence-corrected chi connectivity index (χ3v) is 4.84. The number of para-hydroxylation sites is 1. The van der Waals surface area contributed by atoms with Crippen molar-refractivity contribution in [1.82, 2.24) is 0 Å². The van der Waals surface area contributed by atoms with E-state index in [4.69, 9.17) is 18.9 Å². The van der Waals surface area contributed by atoms with E-state index in [0.29, 0.717) is 18.0 Å². The fourth-order valence-electron chi connectivity index (χ4n) is 3.33. The van der Waals surface area contributed by atoms with Gasteiger partial charge in [-0.25, -0.2) is 0 Å². The monoisotopic (exact) mass is 385 g/mol. The maximum absolute atomic E-state index is 6.17. The van der Waals surface area contributed by atoms with Crippen LogP contribution >= 0.6 is 0 Å². The molecule has 0 saturated heterocycles. The van der Waals surface area contributed by atoms with Crippen LogP contribution in [0.3, 0.4) is 0 Å². The minimum absolute atomic E-state index is 0.663. The van der Waals surface area contributed by atoms with Gasteiger partial charge in [0.1, 0.15) is 11.3 Å².